The molecule has 0 radical (unpaired) electrons. The van der Waals surface area contributed by atoms with Gasteiger partial charge >= 0.3 is 6.09 Å². The zero-order valence-corrected chi connectivity index (χ0v) is 28.4. The summed E-state index contributed by atoms with van der Waals surface area (Å²) in [7, 11) is 1.33. The van der Waals surface area contributed by atoms with Gasteiger partial charge in [0.15, 0.2) is 0 Å². The highest BCUT2D eigenvalue weighted by molar-refractivity contribution is 5.92. The van der Waals surface area contributed by atoms with E-state index in [-0.39, 0.29) is 30.0 Å². The minimum atomic E-state index is -0.648. The average Bonchev–Trinajstić information content (AvgIpc) is 3.62. The maximum absolute atomic E-state index is 14.2. The Kier molecular flexibility index (Phi) is 7.84. The molecule has 0 bridgehead atoms. The molecule has 2 aromatic heterocycles. The van der Waals surface area contributed by atoms with Crippen molar-refractivity contribution in [2.75, 3.05) is 26.9 Å². The Labute approximate surface area is 290 Å². The van der Waals surface area contributed by atoms with E-state index in [0.717, 1.165) is 94.5 Å². The molecule has 3 aromatic carbocycles. The quantitative estimate of drug-likeness (QED) is 0.160. The van der Waals surface area contributed by atoms with Gasteiger partial charge in [0, 0.05) is 24.8 Å². The number of nitrogens with one attached hydrogen (secondary N) is 4. The first-order valence-corrected chi connectivity index (χ1v) is 18.0. The van der Waals surface area contributed by atoms with Gasteiger partial charge < -0.3 is 35.0 Å². The molecular formula is C39H43N7O4. The van der Waals surface area contributed by atoms with Crippen LogP contribution < -0.4 is 10.6 Å². The van der Waals surface area contributed by atoms with Crippen LogP contribution in [-0.4, -0.2) is 75.8 Å². The Morgan fingerprint density at radius 3 is 2.48 bits per heavy atom. The number of likely N-dealkylation sites (tertiary alicyclic amines) is 1. The third kappa shape index (κ3) is 5.72. The van der Waals surface area contributed by atoms with E-state index >= 15 is 0 Å². The molecule has 1 saturated carbocycles. The summed E-state index contributed by atoms with van der Waals surface area (Å²) in [5.74, 6) is 2.89. The normalized spacial score (nSPS) is 25.6. The van der Waals surface area contributed by atoms with E-state index in [4.69, 9.17) is 19.4 Å². The number of imidazole rings is 2. The van der Waals surface area contributed by atoms with Crippen LogP contribution in [0.4, 0.5) is 4.79 Å². The SMILES string of the molecule is COC(=O)N[C@H](C(=O)N1C2C[C@@H]2C[C@H]1c1ncc(-c2ccc3cc(-c4ccc5nc([C@@H]6C[C@@H](C)CN6)[nH]c5c4)ccc3c2)[nH]1)C1CCOCC1. The number of aromatic amines is 2. The molecule has 258 valence electrons. The molecule has 4 N–H and O–H groups in total. The highest BCUT2D eigenvalue weighted by atomic mass is 16.5. The fourth-order valence-electron chi connectivity index (χ4n) is 8.53. The van der Waals surface area contributed by atoms with Gasteiger partial charge in [-0.25, -0.2) is 14.8 Å². The van der Waals surface area contributed by atoms with E-state index in [9.17, 15) is 9.59 Å². The molecule has 5 aromatic rings. The van der Waals surface area contributed by atoms with Gasteiger partial charge in [-0.3, -0.25) is 4.79 Å². The molecule has 4 aliphatic rings. The van der Waals surface area contributed by atoms with Crippen molar-refractivity contribution in [3.8, 4) is 22.4 Å². The second kappa shape index (κ2) is 12.5. The number of carbonyl (C=O) groups is 2. The fraction of sp³-hybridized carbons (Fsp3) is 0.436. The lowest BCUT2D eigenvalue weighted by molar-refractivity contribution is -0.138. The van der Waals surface area contributed by atoms with Crippen LogP contribution in [0, 0.1) is 17.8 Å². The minimum Gasteiger partial charge on any atom is -0.453 e. The summed E-state index contributed by atoms with van der Waals surface area (Å²) in [5.41, 5.74) is 6.32. The van der Waals surface area contributed by atoms with Crippen LogP contribution in [0.25, 0.3) is 44.2 Å². The van der Waals surface area contributed by atoms with Crippen molar-refractivity contribution in [2.24, 2.45) is 17.8 Å². The van der Waals surface area contributed by atoms with Gasteiger partial charge in [-0.15, -0.1) is 0 Å². The third-order valence-corrected chi connectivity index (χ3v) is 11.4. The Bertz CT molecular complexity index is 2080. The zero-order valence-electron chi connectivity index (χ0n) is 28.4. The standard InChI is InChI=1S/C39H43N7O4/c1-21-13-31(40-19-21)36-42-29-8-7-26(16-30(29)43-36)24-3-4-25-15-27(6-5-23(25)14-24)32-20-41-37(44-32)34-18-28-17-33(28)46(34)38(47)35(45-39(48)49-2)22-9-11-50-12-10-22/h3-8,14-16,20-22,28,31,33-35,40H,9-13,17-19H2,1-2H3,(H,41,44)(H,42,43)(H,45,48)/t21-,28-,31+,33?,34+,35+/m1/s1. The fourth-order valence-corrected chi connectivity index (χ4v) is 8.53. The molecule has 3 aliphatic heterocycles. The lowest BCUT2D eigenvalue weighted by atomic mass is 9.90. The molecule has 2 amide bonds. The van der Waals surface area contributed by atoms with Gasteiger partial charge in [-0.05, 0) is 103 Å². The molecule has 6 atom stereocenters. The summed E-state index contributed by atoms with van der Waals surface area (Å²) in [4.78, 5) is 45.3. The van der Waals surface area contributed by atoms with Crippen LogP contribution in [0.1, 0.15) is 62.8 Å². The monoisotopic (exact) mass is 673 g/mol. The van der Waals surface area contributed by atoms with Crippen LogP contribution in [0.15, 0.2) is 60.8 Å². The van der Waals surface area contributed by atoms with Gasteiger partial charge in [0.25, 0.3) is 0 Å². The van der Waals surface area contributed by atoms with E-state index in [1.807, 2.05) is 11.1 Å². The lowest BCUT2D eigenvalue weighted by Gasteiger charge is -2.35. The third-order valence-electron chi connectivity index (χ3n) is 11.4. The van der Waals surface area contributed by atoms with E-state index < -0.39 is 12.1 Å². The van der Waals surface area contributed by atoms with Crippen LogP contribution in [0.2, 0.25) is 0 Å². The maximum Gasteiger partial charge on any atom is 0.407 e. The Morgan fingerprint density at radius 1 is 0.940 bits per heavy atom. The Morgan fingerprint density at radius 2 is 1.70 bits per heavy atom. The van der Waals surface area contributed by atoms with E-state index in [1.165, 1.54) is 7.11 Å². The number of amides is 2. The Hall–Kier alpha value is -4.74. The number of hydrogen-bond acceptors (Lipinski definition) is 7. The van der Waals surface area contributed by atoms with Gasteiger partial charge in [-0.1, -0.05) is 37.3 Å². The maximum atomic E-state index is 14.2. The van der Waals surface area contributed by atoms with Crippen molar-refractivity contribution in [3.05, 3.63) is 72.4 Å². The molecule has 11 heteroatoms. The zero-order chi connectivity index (χ0) is 33.9. The van der Waals surface area contributed by atoms with Crippen LogP contribution in [0.3, 0.4) is 0 Å². The number of methoxy groups -OCH3 is 1. The second-order valence-electron chi connectivity index (χ2n) is 14.7. The number of piperidine rings is 1. The van der Waals surface area contributed by atoms with Crippen LogP contribution >= 0.6 is 0 Å². The number of rotatable bonds is 7. The van der Waals surface area contributed by atoms with Crippen LogP contribution in [0.5, 0.6) is 0 Å². The smallest absolute Gasteiger partial charge is 0.407 e. The average molecular weight is 674 g/mol. The number of benzene rings is 3. The van der Waals surface area contributed by atoms with E-state index in [1.54, 1.807) is 0 Å². The van der Waals surface area contributed by atoms with Crippen molar-refractivity contribution in [2.45, 2.75) is 63.2 Å². The molecule has 0 spiro atoms. The van der Waals surface area contributed by atoms with Gasteiger partial charge in [0.2, 0.25) is 5.91 Å². The number of H-pyrrole nitrogens is 2. The second-order valence-corrected chi connectivity index (χ2v) is 14.7. The summed E-state index contributed by atoms with van der Waals surface area (Å²) in [6, 6.07) is 19.2. The number of fused-ring (bicyclic) bond motifs is 3. The number of carbonyl (C=O) groups excluding carboxylic acids is 2. The molecule has 1 aliphatic carbocycles. The number of nitrogens with zero attached hydrogens (tertiary/aromatic N) is 3. The van der Waals surface area contributed by atoms with Gasteiger partial charge in [0.1, 0.15) is 17.7 Å². The molecule has 50 heavy (non-hydrogen) atoms. The highest BCUT2D eigenvalue weighted by Crippen LogP contribution is 2.53. The number of ether oxygens (including phenoxy) is 2. The molecule has 1 unspecified atom stereocenters. The molecule has 9 rings (SSSR count). The Balaban J connectivity index is 0.942. The lowest BCUT2D eigenvalue weighted by Crippen LogP contribution is -2.54. The first kappa shape index (κ1) is 31.3. The number of hydrogen-bond donors (Lipinski definition) is 4. The summed E-state index contributed by atoms with van der Waals surface area (Å²) in [5, 5.41) is 8.74. The van der Waals surface area contributed by atoms with Crippen molar-refractivity contribution in [3.63, 3.8) is 0 Å². The molecule has 5 heterocycles. The molecular weight excluding hydrogens is 630 g/mol. The predicted octanol–water partition coefficient (Wildman–Crippen LogP) is 6.26. The topological polar surface area (TPSA) is 137 Å². The summed E-state index contributed by atoms with van der Waals surface area (Å²) < 4.78 is 10.5. The van der Waals surface area contributed by atoms with Crippen molar-refractivity contribution in [1.82, 2.24) is 35.5 Å². The van der Waals surface area contributed by atoms with Crippen LogP contribution in [-0.2, 0) is 14.3 Å². The van der Waals surface area contributed by atoms with E-state index in [2.05, 4.69) is 82.1 Å². The minimum absolute atomic E-state index is 0.00320. The summed E-state index contributed by atoms with van der Waals surface area (Å²) in [6.07, 6.45) is 5.70. The summed E-state index contributed by atoms with van der Waals surface area (Å²) >= 11 is 0. The predicted molar refractivity (Wildman–Crippen MR) is 190 cm³/mol. The van der Waals surface area contributed by atoms with Crippen molar-refractivity contribution in [1.29, 1.82) is 0 Å². The van der Waals surface area contributed by atoms with Crippen molar-refractivity contribution < 1.29 is 19.1 Å². The number of aromatic nitrogens is 4. The van der Waals surface area contributed by atoms with Crippen molar-refractivity contribution >= 4 is 33.8 Å². The number of alkyl carbamates (subject to hydrolysis) is 1. The first-order chi connectivity index (χ1) is 24.4. The molecule has 11 nitrogen and oxygen atoms in total. The summed E-state index contributed by atoms with van der Waals surface area (Å²) in [6.45, 7) is 4.47. The highest BCUT2D eigenvalue weighted by Gasteiger charge is 2.56. The van der Waals surface area contributed by atoms with Gasteiger partial charge in [-0.2, -0.15) is 0 Å². The van der Waals surface area contributed by atoms with Gasteiger partial charge in [0.05, 0.1) is 42.1 Å². The van der Waals surface area contributed by atoms with E-state index in [0.29, 0.717) is 25.0 Å². The molecule has 4 fully saturated rings. The molecule has 3 saturated heterocycles. The largest absolute Gasteiger partial charge is 0.453 e. The first-order valence-electron chi connectivity index (χ1n) is 18.0.